The smallest absolute Gasteiger partial charge is 0.410 e. The van der Waals surface area contributed by atoms with Crippen LogP contribution in [0.5, 0.6) is 0 Å². The van der Waals surface area contributed by atoms with E-state index in [-0.39, 0.29) is 36.4 Å². The topological polar surface area (TPSA) is 87.5 Å². The van der Waals surface area contributed by atoms with Crippen molar-refractivity contribution in [1.29, 1.82) is 0 Å². The van der Waals surface area contributed by atoms with E-state index in [1.165, 1.54) is 30.3 Å². The van der Waals surface area contributed by atoms with Gasteiger partial charge < -0.3 is 20.0 Å². The number of amides is 3. The number of aromatic nitrogens is 1. The summed E-state index contributed by atoms with van der Waals surface area (Å²) in [6, 6.07) is 5.41. The van der Waals surface area contributed by atoms with Gasteiger partial charge in [0.2, 0.25) is 11.8 Å². The van der Waals surface area contributed by atoms with Gasteiger partial charge in [-0.25, -0.2) is 18.6 Å². The molecule has 1 aliphatic heterocycles. The quantitative estimate of drug-likeness (QED) is 0.309. The van der Waals surface area contributed by atoms with Crippen LogP contribution in [0, 0.1) is 12.8 Å². The molecule has 2 atom stereocenters. The number of aryl methyl sites for hydroxylation is 1. The number of benzene rings is 2. The maximum absolute atomic E-state index is 15.1. The predicted molar refractivity (Wildman–Crippen MR) is 136 cm³/mol. The highest BCUT2D eigenvalue weighted by molar-refractivity contribution is 5.85. The Hall–Kier alpha value is -3.84. The molecule has 3 amide bonds. The van der Waals surface area contributed by atoms with Crippen molar-refractivity contribution in [2.45, 2.75) is 69.3 Å². The first kappa shape index (κ1) is 29.6. The molecule has 2 N–H and O–H groups in total. The van der Waals surface area contributed by atoms with Gasteiger partial charge in [0, 0.05) is 24.9 Å². The lowest BCUT2D eigenvalue weighted by Gasteiger charge is -2.33. The molecule has 1 saturated heterocycles. The van der Waals surface area contributed by atoms with Crippen LogP contribution in [0.4, 0.5) is 35.5 Å². The van der Waals surface area contributed by atoms with E-state index in [1.807, 2.05) is 5.32 Å². The maximum atomic E-state index is 15.1. The highest BCUT2D eigenvalue weighted by atomic mass is 19.4. The molecule has 7 nitrogen and oxygen atoms in total. The first-order valence-electron chi connectivity index (χ1n) is 13.3. The molecule has 2 heterocycles. The number of fused-ring (bicyclic) bond motifs is 1. The largest absolute Gasteiger partial charge is 0.438 e. The maximum Gasteiger partial charge on any atom is 0.410 e. The van der Waals surface area contributed by atoms with Gasteiger partial charge in [0.05, 0.1) is 6.54 Å². The molecule has 3 aromatic rings. The normalized spacial score (nSPS) is 20.5. The van der Waals surface area contributed by atoms with Gasteiger partial charge in [-0.1, -0.05) is 35.9 Å². The third-order valence-corrected chi connectivity index (χ3v) is 7.71. The summed E-state index contributed by atoms with van der Waals surface area (Å²) in [5, 5.41) is 4.17. The molecule has 0 unspecified atom stereocenters. The van der Waals surface area contributed by atoms with Crippen LogP contribution in [0.15, 0.2) is 46.9 Å². The van der Waals surface area contributed by atoms with Crippen molar-refractivity contribution in [1.82, 2.24) is 20.5 Å². The standard InChI is InChI=1S/C28H27F7N4O3/c1-15-2-5-18(6-3-15)27(31,32)24(40)38-22(17-8-10-26(29,30)11-9-17)23-36-19-12-16(4-7-20(19)42-23)13-39-14-21(28(33,34)35)37-25(39)41/h2-7,12,17,21-22H,8-11,13-14H2,1H3,(H,37,41)(H,38,40)/t21-,22-/m0/s1. The highest BCUT2D eigenvalue weighted by Gasteiger charge is 2.47. The van der Waals surface area contributed by atoms with E-state index in [1.54, 1.807) is 6.92 Å². The lowest BCUT2D eigenvalue weighted by molar-refractivity contribution is -0.150. The molecule has 1 aromatic heterocycles. The van der Waals surface area contributed by atoms with Gasteiger partial charge in [0.1, 0.15) is 17.6 Å². The monoisotopic (exact) mass is 600 g/mol. The Morgan fingerprint density at radius 1 is 1.12 bits per heavy atom. The first-order valence-corrected chi connectivity index (χ1v) is 13.3. The Labute approximate surface area is 235 Å². The summed E-state index contributed by atoms with van der Waals surface area (Å²) in [7, 11) is 0. The SMILES string of the molecule is Cc1ccc(C(F)(F)C(=O)N[C@H](c2nc3cc(CN4C[C@@H](C(F)(F)F)NC4=O)ccc3o2)C2CCC(F)(F)CC2)cc1. The van der Waals surface area contributed by atoms with Crippen LogP contribution in [0.2, 0.25) is 0 Å². The van der Waals surface area contributed by atoms with E-state index in [4.69, 9.17) is 4.42 Å². The van der Waals surface area contributed by atoms with Crippen LogP contribution in [-0.4, -0.2) is 46.5 Å². The molecule has 2 fully saturated rings. The number of nitrogens with one attached hydrogen (secondary N) is 2. The molecule has 0 spiro atoms. The van der Waals surface area contributed by atoms with E-state index in [0.717, 1.165) is 17.0 Å². The van der Waals surface area contributed by atoms with Gasteiger partial charge in [0.15, 0.2) is 5.58 Å². The van der Waals surface area contributed by atoms with Crippen molar-refractivity contribution in [3.05, 3.63) is 65.0 Å². The fourth-order valence-electron chi connectivity index (χ4n) is 5.26. The number of rotatable bonds is 7. The van der Waals surface area contributed by atoms with Crippen molar-refractivity contribution >= 4 is 23.0 Å². The molecular weight excluding hydrogens is 573 g/mol. The number of alkyl halides is 7. The second-order valence-electron chi connectivity index (χ2n) is 10.9. The molecular formula is C28H27F7N4O3. The molecule has 1 saturated carbocycles. The molecule has 2 aliphatic rings. The van der Waals surface area contributed by atoms with E-state index >= 15 is 8.78 Å². The molecule has 5 rings (SSSR count). The summed E-state index contributed by atoms with van der Waals surface area (Å²) in [5.74, 6) is -9.34. The molecule has 0 bridgehead atoms. The van der Waals surface area contributed by atoms with Crippen LogP contribution in [0.1, 0.15) is 54.3 Å². The van der Waals surface area contributed by atoms with Crippen LogP contribution in [0.3, 0.4) is 0 Å². The second kappa shape index (κ2) is 10.8. The lowest BCUT2D eigenvalue weighted by Crippen LogP contribution is -2.43. The Morgan fingerprint density at radius 2 is 1.79 bits per heavy atom. The number of carbonyl (C=O) groups excluding carboxylic acids is 2. The summed E-state index contributed by atoms with van der Waals surface area (Å²) in [4.78, 5) is 30.3. The Balaban J connectivity index is 1.40. The van der Waals surface area contributed by atoms with Crippen LogP contribution in [-0.2, 0) is 17.3 Å². The zero-order chi connectivity index (χ0) is 30.4. The van der Waals surface area contributed by atoms with Gasteiger partial charge >= 0.3 is 18.1 Å². The van der Waals surface area contributed by atoms with Crippen LogP contribution >= 0.6 is 0 Å². The first-order chi connectivity index (χ1) is 19.6. The minimum absolute atomic E-state index is 0.0809. The summed E-state index contributed by atoms with van der Waals surface area (Å²) >= 11 is 0. The molecule has 1 aliphatic carbocycles. The van der Waals surface area contributed by atoms with E-state index in [0.29, 0.717) is 11.1 Å². The van der Waals surface area contributed by atoms with Crippen molar-refractivity contribution in [2.75, 3.05) is 6.54 Å². The summed E-state index contributed by atoms with van der Waals surface area (Å²) in [5.41, 5.74) is 0.968. The summed E-state index contributed by atoms with van der Waals surface area (Å²) in [6.45, 7) is 0.950. The van der Waals surface area contributed by atoms with E-state index < -0.39 is 72.9 Å². The van der Waals surface area contributed by atoms with Crippen molar-refractivity contribution < 1.29 is 44.7 Å². The number of urea groups is 1. The fourth-order valence-corrected chi connectivity index (χ4v) is 5.26. The number of nitrogens with zero attached hydrogens (tertiary/aromatic N) is 2. The molecule has 0 radical (unpaired) electrons. The predicted octanol–water partition coefficient (Wildman–Crippen LogP) is 6.37. The van der Waals surface area contributed by atoms with Gasteiger partial charge in [-0.15, -0.1) is 0 Å². The molecule has 14 heteroatoms. The van der Waals surface area contributed by atoms with E-state index in [2.05, 4.69) is 10.3 Å². The third-order valence-electron chi connectivity index (χ3n) is 7.71. The molecule has 2 aromatic carbocycles. The van der Waals surface area contributed by atoms with Crippen molar-refractivity contribution in [3.8, 4) is 0 Å². The van der Waals surface area contributed by atoms with Gasteiger partial charge in [-0.3, -0.25) is 4.79 Å². The third kappa shape index (κ3) is 6.16. The Morgan fingerprint density at radius 3 is 2.40 bits per heavy atom. The van der Waals surface area contributed by atoms with Gasteiger partial charge in [-0.05, 0) is 43.4 Å². The summed E-state index contributed by atoms with van der Waals surface area (Å²) in [6.07, 6.45) is -5.77. The molecule has 42 heavy (non-hydrogen) atoms. The lowest BCUT2D eigenvalue weighted by atomic mass is 9.81. The zero-order valence-corrected chi connectivity index (χ0v) is 22.3. The van der Waals surface area contributed by atoms with Gasteiger partial charge in [0.25, 0.3) is 5.91 Å². The average molecular weight is 601 g/mol. The Kier molecular flexibility index (Phi) is 7.60. The van der Waals surface area contributed by atoms with E-state index in [9.17, 15) is 31.5 Å². The second-order valence-corrected chi connectivity index (χ2v) is 10.9. The van der Waals surface area contributed by atoms with Gasteiger partial charge in [-0.2, -0.15) is 22.0 Å². The number of hydrogen-bond donors (Lipinski definition) is 2. The minimum Gasteiger partial charge on any atom is -0.438 e. The highest BCUT2D eigenvalue weighted by Crippen LogP contribution is 2.42. The Bertz CT molecular complexity index is 1460. The fraction of sp³-hybridized carbons (Fsp3) is 0.464. The zero-order valence-electron chi connectivity index (χ0n) is 22.3. The van der Waals surface area contributed by atoms with Crippen LogP contribution < -0.4 is 10.6 Å². The van der Waals surface area contributed by atoms with Crippen LogP contribution in [0.25, 0.3) is 11.1 Å². The molecule has 226 valence electrons. The average Bonchev–Trinajstić information content (AvgIpc) is 3.50. The number of halogens is 7. The number of carbonyl (C=O) groups is 2. The summed E-state index contributed by atoms with van der Waals surface area (Å²) < 4.78 is 103. The number of oxazole rings is 1. The van der Waals surface area contributed by atoms with Crippen molar-refractivity contribution in [3.63, 3.8) is 0 Å². The van der Waals surface area contributed by atoms with Crippen molar-refractivity contribution in [2.24, 2.45) is 5.92 Å². The minimum atomic E-state index is -4.60. The number of hydrogen-bond acceptors (Lipinski definition) is 4.